The lowest BCUT2D eigenvalue weighted by Gasteiger charge is -2.31. The molecular weight excluding hydrogens is 861 g/mol. The van der Waals surface area contributed by atoms with Gasteiger partial charge in [-0.1, -0.05) is 131 Å². The molecule has 0 spiro atoms. The maximum absolute atomic E-state index is 13.6. The number of ether oxygens (including phenoxy) is 2. The Balaban J connectivity index is 0.00000114. The fourth-order valence-corrected chi connectivity index (χ4v) is 9.26. The Labute approximate surface area is 406 Å². The van der Waals surface area contributed by atoms with E-state index in [1.807, 2.05) is 59.6 Å². The Morgan fingerprint density at radius 2 is 1.55 bits per heavy atom. The summed E-state index contributed by atoms with van der Waals surface area (Å²) in [5, 5.41) is 4.99. The molecule has 376 valence electrons. The first-order chi connectivity index (χ1) is 31.9. The summed E-state index contributed by atoms with van der Waals surface area (Å²) in [6, 6.07) is 12.6. The van der Waals surface area contributed by atoms with E-state index in [0.717, 1.165) is 59.4 Å². The highest BCUT2D eigenvalue weighted by Gasteiger charge is 2.37. The lowest BCUT2D eigenvalue weighted by molar-refractivity contribution is -0.134. The van der Waals surface area contributed by atoms with Gasteiger partial charge in [-0.2, -0.15) is 0 Å². The van der Waals surface area contributed by atoms with Crippen molar-refractivity contribution in [3.8, 4) is 0 Å². The SMILES string of the molecule is CC.CC.CCC(C)[C@H](NC(=O)OC)C(=O)N1CCCC1C(C)=N/C=C(\C)c1ccc([C@H]2C=Cc3c(ccc4[nH]c([C@@H](C)CS(C)(C)CC)nc34)C2)cc1.CCCC.COC(=O)NCC(C)=O. The zero-order valence-electron chi connectivity index (χ0n) is 44.4. The molecule has 3 N–H and O–H groups in total. The first-order valence-corrected chi connectivity index (χ1v) is 27.4. The summed E-state index contributed by atoms with van der Waals surface area (Å²) in [5.74, 6) is 4.08. The van der Waals surface area contributed by atoms with Crippen molar-refractivity contribution in [2.45, 2.75) is 152 Å². The lowest BCUT2D eigenvalue weighted by Crippen LogP contribution is -2.53. The van der Waals surface area contributed by atoms with E-state index in [-0.39, 0.29) is 30.2 Å². The van der Waals surface area contributed by atoms with Crippen molar-refractivity contribution in [3.05, 3.63) is 76.8 Å². The number of aromatic nitrogens is 2. The normalized spacial score (nSPS) is 16.9. The first-order valence-electron chi connectivity index (χ1n) is 24.6. The number of likely N-dealkylation sites (tertiary alicyclic amines) is 1. The zero-order valence-corrected chi connectivity index (χ0v) is 45.2. The number of unbranched alkanes of at least 4 members (excludes halogenated alkanes) is 1. The van der Waals surface area contributed by atoms with Crippen molar-refractivity contribution in [1.82, 2.24) is 25.5 Å². The third-order valence-corrected chi connectivity index (χ3v) is 15.0. The molecule has 2 heterocycles. The van der Waals surface area contributed by atoms with E-state index in [0.29, 0.717) is 18.4 Å². The van der Waals surface area contributed by atoms with Crippen LogP contribution in [0.3, 0.4) is 0 Å². The van der Waals surface area contributed by atoms with Crippen LogP contribution in [0, 0.1) is 5.92 Å². The smallest absolute Gasteiger partial charge is 0.407 e. The Bertz CT molecular complexity index is 2070. The monoisotopic (exact) mass is 949 g/mol. The van der Waals surface area contributed by atoms with Crippen LogP contribution in [0.1, 0.15) is 162 Å². The van der Waals surface area contributed by atoms with Gasteiger partial charge in [0.25, 0.3) is 0 Å². The molecular formula is C54H88N6O6S. The number of benzene rings is 2. The van der Waals surface area contributed by atoms with Gasteiger partial charge in [0.1, 0.15) is 17.6 Å². The number of nitrogens with zero attached hydrogens (tertiary/aromatic N) is 3. The molecule has 3 aromatic rings. The minimum Gasteiger partial charge on any atom is -0.453 e. The Kier molecular flexibility index (Phi) is 28.0. The number of hydrogen-bond acceptors (Lipinski definition) is 8. The van der Waals surface area contributed by atoms with Gasteiger partial charge in [-0.05, 0) is 98.3 Å². The summed E-state index contributed by atoms with van der Waals surface area (Å²) in [6.45, 7) is 27.1. The standard InChI is InChI=1S/C41H57N5O3S.C5H9NO3.C4H10.2C2H6/c1-10-26(3)37(45-41(48)49-7)40(47)46-22-12-13-36(46)29(6)42-24-27(4)30-14-16-31(17-15-30)32-18-20-34-33(23-32)19-21-35-38(34)44-39(43-35)28(5)25-50(8,9)11-2;1-4(7)3-6-5(8)9-2;1-3-4-2;2*1-2/h14-21,24,26,28,32,36-37H,10-13,22-23,25H2,1-9H3,(H,43,44)(H,45,48);3H2,1-2H3,(H,6,8);3-4H2,1-2H3;2*1-2H3/b27-24+,42-29?;;;;/t26?,28-,32-,36?,37-;;;;/m0..../s1. The van der Waals surface area contributed by atoms with Crippen LogP contribution in [0.2, 0.25) is 0 Å². The van der Waals surface area contributed by atoms with Crippen LogP contribution in [0.5, 0.6) is 0 Å². The molecule has 5 atom stereocenters. The number of ketones is 1. The van der Waals surface area contributed by atoms with E-state index >= 15 is 0 Å². The van der Waals surface area contributed by atoms with Crippen molar-refractivity contribution >= 4 is 62.3 Å². The third-order valence-electron chi connectivity index (χ3n) is 12.1. The highest BCUT2D eigenvalue weighted by Crippen LogP contribution is 2.43. The second kappa shape index (κ2) is 31.2. The minimum atomic E-state index is -0.624. The van der Waals surface area contributed by atoms with E-state index in [9.17, 15) is 19.2 Å². The van der Waals surface area contributed by atoms with Gasteiger partial charge in [-0.15, -0.1) is 0 Å². The first kappa shape index (κ1) is 60.1. The number of methoxy groups -OCH3 is 2. The molecule has 1 aliphatic carbocycles. The number of carbonyl (C=O) groups is 4. The van der Waals surface area contributed by atoms with Crippen molar-refractivity contribution in [1.29, 1.82) is 0 Å². The summed E-state index contributed by atoms with van der Waals surface area (Å²) in [5.41, 5.74) is 9.19. The van der Waals surface area contributed by atoms with E-state index in [1.165, 1.54) is 62.2 Å². The molecule has 5 rings (SSSR count). The van der Waals surface area contributed by atoms with Crippen LogP contribution >= 0.6 is 10.0 Å². The number of allylic oxidation sites excluding steroid dienone is 2. The second-order valence-electron chi connectivity index (χ2n) is 17.4. The Morgan fingerprint density at radius 3 is 2.10 bits per heavy atom. The summed E-state index contributed by atoms with van der Waals surface area (Å²) in [7, 11) is 1.96. The number of fused-ring (bicyclic) bond motifs is 3. The van der Waals surface area contributed by atoms with Gasteiger partial charge in [-0.3, -0.25) is 14.6 Å². The fourth-order valence-electron chi connectivity index (χ4n) is 7.51. The number of amides is 3. The number of imidazole rings is 1. The number of rotatable bonds is 15. The van der Waals surface area contributed by atoms with Gasteiger partial charge < -0.3 is 30.0 Å². The molecule has 3 amide bonds. The van der Waals surface area contributed by atoms with Crippen LogP contribution in [-0.2, 0) is 25.5 Å². The highest BCUT2D eigenvalue weighted by molar-refractivity contribution is 8.32. The number of carbonyl (C=O) groups excluding carboxylic acids is 4. The molecule has 12 nitrogen and oxygen atoms in total. The van der Waals surface area contributed by atoms with E-state index in [1.54, 1.807) is 0 Å². The van der Waals surface area contributed by atoms with Gasteiger partial charge in [0, 0.05) is 35.9 Å². The van der Waals surface area contributed by atoms with E-state index in [4.69, 9.17) is 14.7 Å². The maximum Gasteiger partial charge on any atom is 0.407 e. The molecule has 0 radical (unpaired) electrons. The molecule has 0 saturated carbocycles. The van der Waals surface area contributed by atoms with Crippen LogP contribution in [0.15, 0.2) is 53.7 Å². The minimum absolute atomic E-state index is 0.0119. The van der Waals surface area contributed by atoms with Crippen LogP contribution < -0.4 is 10.6 Å². The third kappa shape index (κ3) is 19.0. The largest absolute Gasteiger partial charge is 0.453 e. The Hall–Kier alpha value is -4.91. The van der Waals surface area contributed by atoms with Crippen LogP contribution in [0.25, 0.3) is 22.7 Å². The molecule has 2 aliphatic rings. The number of alkyl carbamates (subject to hydrolysis) is 2. The number of Topliss-reactive ketones (excluding diaryl/α,β-unsaturated/α-hetero) is 1. The van der Waals surface area contributed by atoms with Gasteiger partial charge >= 0.3 is 12.2 Å². The molecule has 1 fully saturated rings. The molecule has 1 aliphatic heterocycles. The quantitative estimate of drug-likeness (QED) is 0.128. The molecule has 2 unspecified atom stereocenters. The van der Waals surface area contributed by atoms with Gasteiger partial charge in [0.05, 0.1) is 37.8 Å². The summed E-state index contributed by atoms with van der Waals surface area (Å²) in [6.07, 6.45) is 16.3. The summed E-state index contributed by atoms with van der Waals surface area (Å²) in [4.78, 5) is 61.5. The molecule has 1 aromatic heterocycles. The summed E-state index contributed by atoms with van der Waals surface area (Å²) < 4.78 is 9.00. The molecule has 13 heteroatoms. The lowest BCUT2D eigenvalue weighted by atomic mass is 9.84. The average Bonchev–Trinajstić information content (AvgIpc) is 4.04. The number of nitrogens with one attached hydrogen (secondary N) is 3. The number of aliphatic imine (C=N–C) groups is 1. The van der Waals surface area contributed by atoms with Crippen molar-refractivity contribution < 1.29 is 28.7 Å². The second-order valence-corrected chi connectivity index (χ2v) is 21.8. The maximum atomic E-state index is 13.6. The number of H-pyrrole nitrogens is 1. The number of hydrogen-bond donors (Lipinski definition) is 3. The molecule has 1 saturated heterocycles. The average molecular weight is 949 g/mol. The summed E-state index contributed by atoms with van der Waals surface area (Å²) >= 11 is 0. The van der Waals surface area contributed by atoms with Crippen LogP contribution in [-0.4, -0.2) is 108 Å². The molecule has 2 aromatic carbocycles. The molecule has 67 heavy (non-hydrogen) atoms. The van der Waals surface area contributed by atoms with Crippen LogP contribution in [0.4, 0.5) is 9.59 Å². The predicted octanol–water partition coefficient (Wildman–Crippen LogP) is 12.5. The Morgan fingerprint density at radius 1 is 0.925 bits per heavy atom. The topological polar surface area (TPSA) is 155 Å². The molecule has 0 bridgehead atoms. The van der Waals surface area contributed by atoms with Crippen molar-refractivity contribution in [2.75, 3.05) is 51.3 Å². The fraction of sp³-hybridized carbons (Fsp3) is 0.593. The van der Waals surface area contributed by atoms with Gasteiger partial charge in [0.15, 0.2) is 0 Å². The van der Waals surface area contributed by atoms with Gasteiger partial charge in [-0.25, -0.2) is 24.6 Å². The van der Waals surface area contributed by atoms with E-state index < -0.39 is 28.3 Å². The number of aromatic amines is 1. The zero-order chi connectivity index (χ0) is 50.9. The highest BCUT2D eigenvalue weighted by atomic mass is 32.3. The predicted molar refractivity (Wildman–Crippen MR) is 286 cm³/mol. The van der Waals surface area contributed by atoms with Crippen molar-refractivity contribution in [3.63, 3.8) is 0 Å². The van der Waals surface area contributed by atoms with Crippen molar-refractivity contribution in [2.24, 2.45) is 10.9 Å². The van der Waals surface area contributed by atoms with Gasteiger partial charge in [0.2, 0.25) is 5.91 Å². The van der Waals surface area contributed by atoms with E-state index in [2.05, 4.69) is 116 Å².